The molecule has 0 saturated carbocycles. The van der Waals surface area contributed by atoms with Gasteiger partial charge in [0.15, 0.2) is 0 Å². The van der Waals surface area contributed by atoms with Gasteiger partial charge in [0.05, 0.1) is 0 Å². The van der Waals surface area contributed by atoms with Crippen LogP contribution in [0, 0.1) is 0 Å². The molecule has 2 saturated heterocycles. The first-order valence-corrected chi connectivity index (χ1v) is 7.53. The van der Waals surface area contributed by atoms with E-state index in [1.54, 1.807) is 0 Å². The Morgan fingerprint density at radius 3 is 2.65 bits per heavy atom. The van der Waals surface area contributed by atoms with Gasteiger partial charge in [0, 0.05) is 37.8 Å². The van der Waals surface area contributed by atoms with Gasteiger partial charge in [-0.1, -0.05) is 12.1 Å². The summed E-state index contributed by atoms with van der Waals surface area (Å²) in [5.41, 5.74) is 2.33. The molecule has 1 aromatic carbocycles. The summed E-state index contributed by atoms with van der Waals surface area (Å²) in [6.07, 6.45) is 2.91. The average molecular weight is 273 g/mol. The molecule has 108 valence electrons. The van der Waals surface area contributed by atoms with Gasteiger partial charge in [-0.25, -0.2) is 0 Å². The predicted octanol–water partition coefficient (Wildman–Crippen LogP) is 1.61. The second-order valence-electron chi connectivity index (χ2n) is 5.94. The predicted molar refractivity (Wildman–Crippen MR) is 80.8 cm³/mol. The minimum absolute atomic E-state index is 0.255. The van der Waals surface area contributed by atoms with Gasteiger partial charge in [-0.15, -0.1) is 0 Å². The van der Waals surface area contributed by atoms with Crippen LogP contribution in [0.4, 0.5) is 5.69 Å². The molecule has 2 aliphatic rings. The normalized spacial score (nSPS) is 23.8. The van der Waals surface area contributed by atoms with Crippen LogP contribution in [0.3, 0.4) is 0 Å². The quantitative estimate of drug-likeness (QED) is 0.905. The first-order valence-electron chi connectivity index (χ1n) is 7.53. The number of carbonyl (C=O) groups is 1. The summed E-state index contributed by atoms with van der Waals surface area (Å²) in [5.74, 6) is 0.255. The third-order valence-electron chi connectivity index (χ3n) is 4.31. The summed E-state index contributed by atoms with van der Waals surface area (Å²) in [7, 11) is 2.17. The number of likely N-dealkylation sites (N-methyl/N-ethyl adjacent to an activating group) is 1. The Morgan fingerprint density at radius 2 is 2.05 bits per heavy atom. The fourth-order valence-electron chi connectivity index (χ4n) is 3.08. The van der Waals surface area contributed by atoms with Crippen LogP contribution >= 0.6 is 0 Å². The van der Waals surface area contributed by atoms with E-state index >= 15 is 0 Å². The number of nitrogens with one attached hydrogen (secondary N) is 1. The van der Waals surface area contributed by atoms with Crippen molar-refractivity contribution >= 4 is 11.6 Å². The van der Waals surface area contributed by atoms with Gasteiger partial charge < -0.3 is 15.1 Å². The van der Waals surface area contributed by atoms with Crippen LogP contribution in [-0.4, -0.2) is 43.5 Å². The summed E-state index contributed by atoms with van der Waals surface area (Å²) in [5, 5.41) is 3.60. The molecule has 1 N–H and O–H groups in total. The third-order valence-corrected chi connectivity index (χ3v) is 4.31. The van der Waals surface area contributed by atoms with Crippen molar-refractivity contribution in [1.29, 1.82) is 0 Å². The highest BCUT2D eigenvalue weighted by atomic mass is 16.2. The number of nitrogens with zero attached hydrogens (tertiary/aromatic N) is 2. The number of hydrogen-bond acceptors (Lipinski definition) is 3. The molecule has 0 aromatic heterocycles. The van der Waals surface area contributed by atoms with Gasteiger partial charge in [0.25, 0.3) is 0 Å². The number of anilines is 1. The standard InChI is InChI=1S/C16H23N3O/c1-18-10-8-14(12-18)17-11-13-4-6-15(7-5-13)19-9-2-3-16(19)20/h4-7,14,17H,2-3,8-12H2,1H3. The summed E-state index contributed by atoms with van der Waals surface area (Å²) in [6.45, 7) is 4.10. The van der Waals surface area contributed by atoms with Crippen molar-refractivity contribution in [2.45, 2.75) is 31.8 Å². The van der Waals surface area contributed by atoms with Crippen molar-refractivity contribution in [3.63, 3.8) is 0 Å². The van der Waals surface area contributed by atoms with Crippen molar-refractivity contribution in [3.8, 4) is 0 Å². The summed E-state index contributed by atoms with van der Waals surface area (Å²) >= 11 is 0. The molecule has 3 rings (SSSR count). The average Bonchev–Trinajstić information content (AvgIpc) is 3.06. The summed E-state index contributed by atoms with van der Waals surface area (Å²) in [6, 6.07) is 9.01. The molecule has 1 aromatic rings. The smallest absolute Gasteiger partial charge is 0.227 e. The molecule has 1 unspecified atom stereocenters. The van der Waals surface area contributed by atoms with E-state index in [0.717, 1.165) is 31.7 Å². The lowest BCUT2D eigenvalue weighted by molar-refractivity contribution is -0.117. The maximum Gasteiger partial charge on any atom is 0.227 e. The van der Waals surface area contributed by atoms with E-state index in [0.29, 0.717) is 12.5 Å². The highest BCUT2D eigenvalue weighted by Crippen LogP contribution is 2.21. The van der Waals surface area contributed by atoms with Gasteiger partial charge >= 0.3 is 0 Å². The van der Waals surface area contributed by atoms with Crippen LogP contribution in [0.15, 0.2) is 24.3 Å². The van der Waals surface area contributed by atoms with Crippen molar-refractivity contribution in [1.82, 2.24) is 10.2 Å². The molecular weight excluding hydrogens is 250 g/mol. The number of rotatable bonds is 4. The zero-order valence-corrected chi connectivity index (χ0v) is 12.1. The van der Waals surface area contributed by atoms with Crippen molar-refractivity contribution in [2.24, 2.45) is 0 Å². The summed E-state index contributed by atoms with van der Waals surface area (Å²) in [4.78, 5) is 16.0. The third kappa shape index (κ3) is 3.02. The van der Waals surface area contributed by atoms with Crippen LogP contribution < -0.4 is 10.2 Å². The van der Waals surface area contributed by atoms with Crippen LogP contribution in [0.1, 0.15) is 24.8 Å². The zero-order valence-electron chi connectivity index (χ0n) is 12.1. The fourth-order valence-corrected chi connectivity index (χ4v) is 3.08. The number of likely N-dealkylation sites (tertiary alicyclic amines) is 1. The van der Waals surface area contributed by atoms with Crippen LogP contribution in [0.25, 0.3) is 0 Å². The SMILES string of the molecule is CN1CCC(NCc2ccc(N3CCCC3=O)cc2)C1. The van der Waals surface area contributed by atoms with E-state index in [-0.39, 0.29) is 5.91 Å². The highest BCUT2D eigenvalue weighted by molar-refractivity contribution is 5.95. The topological polar surface area (TPSA) is 35.6 Å². The van der Waals surface area contributed by atoms with Gasteiger partial charge in [-0.2, -0.15) is 0 Å². The lowest BCUT2D eigenvalue weighted by Crippen LogP contribution is -2.31. The van der Waals surface area contributed by atoms with E-state index in [1.165, 1.54) is 18.5 Å². The molecule has 20 heavy (non-hydrogen) atoms. The van der Waals surface area contributed by atoms with Crippen molar-refractivity contribution in [3.05, 3.63) is 29.8 Å². The van der Waals surface area contributed by atoms with E-state index in [2.05, 4.69) is 41.5 Å². The Balaban J connectivity index is 1.55. The van der Waals surface area contributed by atoms with Gasteiger partial charge in [0.2, 0.25) is 5.91 Å². The number of carbonyl (C=O) groups excluding carboxylic acids is 1. The molecule has 1 amide bonds. The maximum atomic E-state index is 11.7. The molecular formula is C16H23N3O. The van der Waals surface area contributed by atoms with Gasteiger partial charge in [-0.3, -0.25) is 4.79 Å². The van der Waals surface area contributed by atoms with Gasteiger partial charge in [-0.05, 0) is 44.1 Å². The molecule has 0 spiro atoms. The first-order chi connectivity index (χ1) is 9.72. The lowest BCUT2D eigenvalue weighted by atomic mass is 10.1. The monoisotopic (exact) mass is 273 g/mol. The minimum Gasteiger partial charge on any atom is -0.312 e. The number of hydrogen-bond donors (Lipinski definition) is 1. The summed E-state index contributed by atoms with van der Waals surface area (Å²) < 4.78 is 0. The van der Waals surface area contributed by atoms with Crippen LogP contribution in [0.2, 0.25) is 0 Å². The van der Waals surface area contributed by atoms with E-state index in [4.69, 9.17) is 0 Å². The second kappa shape index (κ2) is 5.94. The molecule has 2 fully saturated rings. The molecule has 0 aliphatic carbocycles. The van der Waals surface area contributed by atoms with E-state index in [9.17, 15) is 4.79 Å². The van der Waals surface area contributed by atoms with Crippen molar-refractivity contribution < 1.29 is 4.79 Å². The maximum absolute atomic E-state index is 11.7. The molecule has 4 nitrogen and oxygen atoms in total. The van der Waals surface area contributed by atoms with E-state index < -0.39 is 0 Å². The molecule has 2 aliphatic heterocycles. The zero-order chi connectivity index (χ0) is 13.9. The number of amides is 1. The van der Waals surface area contributed by atoms with Crippen LogP contribution in [0.5, 0.6) is 0 Å². The molecule has 1 atom stereocenters. The fraction of sp³-hybridized carbons (Fsp3) is 0.562. The Kier molecular flexibility index (Phi) is 4.03. The Labute approximate surface area is 120 Å². The molecule has 4 heteroatoms. The van der Waals surface area contributed by atoms with Crippen LogP contribution in [-0.2, 0) is 11.3 Å². The molecule has 0 radical (unpaired) electrons. The Morgan fingerprint density at radius 1 is 1.25 bits per heavy atom. The highest BCUT2D eigenvalue weighted by Gasteiger charge is 2.21. The molecule has 0 bridgehead atoms. The van der Waals surface area contributed by atoms with Gasteiger partial charge in [0.1, 0.15) is 0 Å². The Bertz CT molecular complexity index is 471. The Hall–Kier alpha value is -1.39. The van der Waals surface area contributed by atoms with Crippen molar-refractivity contribution in [2.75, 3.05) is 31.6 Å². The number of benzene rings is 1. The lowest BCUT2D eigenvalue weighted by Gasteiger charge is -2.17. The van der Waals surface area contributed by atoms with E-state index in [1.807, 2.05) is 4.90 Å². The molecule has 2 heterocycles. The largest absolute Gasteiger partial charge is 0.312 e. The first kappa shape index (κ1) is 13.6. The minimum atomic E-state index is 0.255. The second-order valence-corrected chi connectivity index (χ2v) is 5.94.